The van der Waals surface area contributed by atoms with Gasteiger partial charge in [0.15, 0.2) is 0 Å². The molecule has 0 aromatic heterocycles. The van der Waals surface area contributed by atoms with Crippen molar-refractivity contribution in [3.63, 3.8) is 0 Å². The maximum atomic E-state index is 12.1. The standard InChI is InChI=1S/C16H18N2O4S/c1-3-9-18-15(20)13(23-16(18)21)10-14(19)17-11-5-7-12(8-6-11)22-4-2/h3,5-8,13H,1,4,9-10H2,2H3,(H,17,19). The highest BCUT2D eigenvalue weighted by Crippen LogP contribution is 2.29. The van der Waals surface area contributed by atoms with Crippen molar-refractivity contribution in [1.29, 1.82) is 0 Å². The number of nitrogens with zero attached hydrogens (tertiary/aromatic N) is 1. The lowest BCUT2D eigenvalue weighted by Crippen LogP contribution is -2.33. The van der Waals surface area contributed by atoms with E-state index in [4.69, 9.17) is 4.74 Å². The lowest BCUT2D eigenvalue weighted by molar-refractivity contribution is -0.128. The Morgan fingerprint density at radius 2 is 2.09 bits per heavy atom. The Morgan fingerprint density at radius 3 is 2.70 bits per heavy atom. The number of imide groups is 1. The summed E-state index contributed by atoms with van der Waals surface area (Å²) in [6.45, 7) is 6.14. The quantitative estimate of drug-likeness (QED) is 0.776. The molecule has 1 unspecified atom stereocenters. The van der Waals surface area contributed by atoms with Gasteiger partial charge in [0.1, 0.15) is 11.0 Å². The smallest absolute Gasteiger partial charge is 0.289 e. The summed E-state index contributed by atoms with van der Waals surface area (Å²) in [5.74, 6) is 0.0627. The first-order chi connectivity index (χ1) is 11.0. The van der Waals surface area contributed by atoms with Gasteiger partial charge in [-0.3, -0.25) is 19.3 Å². The van der Waals surface area contributed by atoms with Gasteiger partial charge < -0.3 is 10.1 Å². The number of amides is 3. The van der Waals surface area contributed by atoms with Crippen molar-refractivity contribution in [1.82, 2.24) is 4.90 Å². The van der Waals surface area contributed by atoms with E-state index in [0.29, 0.717) is 12.3 Å². The number of nitrogens with one attached hydrogen (secondary N) is 1. The third kappa shape index (κ3) is 4.35. The van der Waals surface area contributed by atoms with Crippen molar-refractivity contribution in [3.8, 4) is 5.75 Å². The van der Waals surface area contributed by atoms with E-state index in [1.807, 2.05) is 6.92 Å². The minimum atomic E-state index is -0.676. The number of hydrogen-bond acceptors (Lipinski definition) is 5. The molecule has 6 nitrogen and oxygen atoms in total. The van der Waals surface area contributed by atoms with Crippen LogP contribution in [0.1, 0.15) is 13.3 Å². The van der Waals surface area contributed by atoms with Gasteiger partial charge in [-0.15, -0.1) is 6.58 Å². The molecular weight excluding hydrogens is 316 g/mol. The van der Waals surface area contributed by atoms with Crippen molar-refractivity contribution in [2.24, 2.45) is 0 Å². The first-order valence-electron chi connectivity index (χ1n) is 7.20. The van der Waals surface area contributed by atoms with Crippen LogP contribution in [-0.2, 0) is 9.59 Å². The van der Waals surface area contributed by atoms with Gasteiger partial charge in [-0.1, -0.05) is 17.8 Å². The van der Waals surface area contributed by atoms with Gasteiger partial charge in [-0.25, -0.2) is 0 Å². The molecule has 0 aliphatic carbocycles. The van der Waals surface area contributed by atoms with Gasteiger partial charge in [-0.2, -0.15) is 0 Å². The lowest BCUT2D eigenvalue weighted by atomic mass is 10.2. The number of carbonyl (C=O) groups excluding carboxylic acids is 3. The van der Waals surface area contributed by atoms with Crippen LogP contribution >= 0.6 is 11.8 Å². The van der Waals surface area contributed by atoms with Crippen LogP contribution in [0, 0.1) is 0 Å². The van der Waals surface area contributed by atoms with Gasteiger partial charge >= 0.3 is 0 Å². The maximum Gasteiger partial charge on any atom is 0.289 e. The van der Waals surface area contributed by atoms with Crippen molar-refractivity contribution >= 4 is 34.5 Å². The topological polar surface area (TPSA) is 75.7 Å². The molecule has 1 aliphatic rings. The van der Waals surface area contributed by atoms with E-state index in [1.165, 1.54) is 6.08 Å². The maximum absolute atomic E-state index is 12.1. The Morgan fingerprint density at radius 1 is 1.39 bits per heavy atom. The molecule has 1 aromatic carbocycles. The normalized spacial score (nSPS) is 17.3. The first-order valence-corrected chi connectivity index (χ1v) is 8.08. The summed E-state index contributed by atoms with van der Waals surface area (Å²) in [5, 5.41) is 1.70. The fraction of sp³-hybridized carbons (Fsp3) is 0.312. The molecule has 1 saturated heterocycles. The van der Waals surface area contributed by atoms with Gasteiger partial charge in [-0.05, 0) is 31.2 Å². The third-order valence-corrected chi connectivity index (χ3v) is 4.21. The molecule has 0 radical (unpaired) electrons. The van der Waals surface area contributed by atoms with E-state index in [1.54, 1.807) is 24.3 Å². The molecule has 1 N–H and O–H groups in total. The summed E-state index contributed by atoms with van der Waals surface area (Å²) in [5.41, 5.74) is 0.614. The zero-order chi connectivity index (χ0) is 16.8. The summed E-state index contributed by atoms with van der Waals surface area (Å²) in [6.07, 6.45) is 1.44. The number of benzene rings is 1. The third-order valence-electron chi connectivity index (χ3n) is 3.14. The van der Waals surface area contributed by atoms with Crippen LogP contribution < -0.4 is 10.1 Å². The average molecular weight is 334 g/mol. The van der Waals surface area contributed by atoms with Crippen LogP contribution in [0.5, 0.6) is 5.75 Å². The summed E-state index contributed by atoms with van der Waals surface area (Å²) in [4.78, 5) is 36.9. The summed E-state index contributed by atoms with van der Waals surface area (Å²) < 4.78 is 5.32. The molecule has 1 aliphatic heterocycles. The molecule has 1 aromatic rings. The number of carbonyl (C=O) groups is 3. The van der Waals surface area contributed by atoms with Gasteiger partial charge in [0.05, 0.1) is 6.61 Å². The molecule has 122 valence electrons. The predicted molar refractivity (Wildman–Crippen MR) is 89.5 cm³/mol. The molecule has 1 atom stereocenters. The Labute approximate surface area is 138 Å². The van der Waals surface area contributed by atoms with E-state index >= 15 is 0 Å². The molecular formula is C16H18N2O4S. The van der Waals surface area contributed by atoms with Crippen molar-refractivity contribution in [3.05, 3.63) is 36.9 Å². The second kappa shape index (κ2) is 7.82. The molecule has 0 bridgehead atoms. The number of anilines is 1. The highest BCUT2D eigenvalue weighted by atomic mass is 32.2. The predicted octanol–water partition coefficient (Wildman–Crippen LogP) is 2.66. The fourth-order valence-corrected chi connectivity index (χ4v) is 3.10. The van der Waals surface area contributed by atoms with Crippen LogP contribution in [0.3, 0.4) is 0 Å². The Hall–Kier alpha value is -2.28. The highest BCUT2D eigenvalue weighted by Gasteiger charge is 2.39. The van der Waals surface area contributed by atoms with Gasteiger partial charge in [0, 0.05) is 18.7 Å². The Bertz CT molecular complexity index is 615. The Balaban J connectivity index is 1.91. The molecule has 23 heavy (non-hydrogen) atoms. The SMILES string of the molecule is C=CCN1C(=O)SC(CC(=O)Nc2ccc(OCC)cc2)C1=O. The van der Waals surface area contributed by atoms with Crippen molar-refractivity contribution < 1.29 is 19.1 Å². The van der Waals surface area contributed by atoms with Crippen LogP contribution in [0.2, 0.25) is 0 Å². The van der Waals surface area contributed by atoms with Crippen molar-refractivity contribution in [2.75, 3.05) is 18.5 Å². The Kier molecular flexibility index (Phi) is 5.81. The van der Waals surface area contributed by atoms with E-state index in [9.17, 15) is 14.4 Å². The summed E-state index contributed by atoms with van der Waals surface area (Å²) in [6, 6.07) is 6.96. The van der Waals surface area contributed by atoms with Crippen LogP contribution in [0.25, 0.3) is 0 Å². The van der Waals surface area contributed by atoms with Gasteiger partial charge in [0.25, 0.3) is 5.24 Å². The average Bonchev–Trinajstić information content (AvgIpc) is 2.77. The molecule has 7 heteroatoms. The first kappa shape index (κ1) is 17.1. The highest BCUT2D eigenvalue weighted by molar-refractivity contribution is 8.15. The van der Waals surface area contributed by atoms with E-state index < -0.39 is 5.25 Å². The zero-order valence-electron chi connectivity index (χ0n) is 12.8. The van der Waals surface area contributed by atoms with E-state index in [-0.39, 0.29) is 30.0 Å². The second-order valence-corrected chi connectivity index (χ2v) is 5.97. The fourth-order valence-electron chi connectivity index (χ4n) is 2.10. The number of ether oxygens (including phenoxy) is 1. The van der Waals surface area contributed by atoms with E-state index in [2.05, 4.69) is 11.9 Å². The largest absolute Gasteiger partial charge is 0.494 e. The molecule has 2 rings (SSSR count). The van der Waals surface area contributed by atoms with Crippen molar-refractivity contribution in [2.45, 2.75) is 18.6 Å². The van der Waals surface area contributed by atoms with Gasteiger partial charge in [0.2, 0.25) is 11.8 Å². The molecule has 3 amide bonds. The summed E-state index contributed by atoms with van der Waals surface area (Å²) in [7, 11) is 0. The molecule has 0 saturated carbocycles. The minimum absolute atomic E-state index is 0.0455. The van der Waals surface area contributed by atoms with E-state index in [0.717, 1.165) is 22.4 Å². The van der Waals surface area contributed by atoms with Crippen LogP contribution in [0.15, 0.2) is 36.9 Å². The summed E-state index contributed by atoms with van der Waals surface area (Å²) >= 11 is 0.878. The monoisotopic (exact) mass is 334 g/mol. The number of thioether (sulfide) groups is 1. The number of rotatable bonds is 7. The lowest BCUT2D eigenvalue weighted by Gasteiger charge is -2.11. The molecule has 1 heterocycles. The number of hydrogen-bond donors (Lipinski definition) is 1. The zero-order valence-corrected chi connectivity index (χ0v) is 13.6. The second-order valence-electron chi connectivity index (χ2n) is 4.82. The van der Waals surface area contributed by atoms with Crippen LogP contribution in [0.4, 0.5) is 10.5 Å². The molecule has 0 spiro atoms. The minimum Gasteiger partial charge on any atom is -0.494 e. The molecule has 1 fully saturated rings. The van der Waals surface area contributed by atoms with Crippen LogP contribution in [-0.4, -0.2) is 40.4 Å².